The van der Waals surface area contributed by atoms with Crippen LogP contribution in [0.15, 0.2) is 42.6 Å². The Balaban J connectivity index is 1.97. The molecule has 130 valence electrons. The van der Waals surface area contributed by atoms with Gasteiger partial charge in [0.2, 0.25) is 0 Å². The molecule has 1 aromatic carbocycles. The van der Waals surface area contributed by atoms with Crippen molar-refractivity contribution in [1.82, 2.24) is 9.38 Å². The van der Waals surface area contributed by atoms with Gasteiger partial charge in [0.05, 0.1) is 5.69 Å². The van der Waals surface area contributed by atoms with Crippen LogP contribution in [0.3, 0.4) is 0 Å². The lowest BCUT2D eigenvalue weighted by Crippen LogP contribution is -2.47. The van der Waals surface area contributed by atoms with E-state index in [1.807, 2.05) is 67.8 Å². The van der Waals surface area contributed by atoms with Gasteiger partial charge in [-0.3, -0.25) is 0 Å². The normalized spacial score (nSPS) is 25.6. The Labute approximate surface area is 146 Å². The highest BCUT2D eigenvalue weighted by atomic mass is 16.5. The third-order valence-corrected chi connectivity index (χ3v) is 5.41. The summed E-state index contributed by atoms with van der Waals surface area (Å²) in [7, 11) is 1.62. The number of rotatable bonds is 2. The summed E-state index contributed by atoms with van der Waals surface area (Å²) in [6.07, 6.45) is 0.592. The number of aryl methyl sites for hydroxylation is 2. The summed E-state index contributed by atoms with van der Waals surface area (Å²) in [5.74, 6) is 0.669. The average molecular weight is 338 g/mol. The predicted molar refractivity (Wildman–Crippen MR) is 94.8 cm³/mol. The van der Waals surface area contributed by atoms with E-state index in [4.69, 9.17) is 9.47 Å². The number of aliphatic hydroxyl groups is 1. The SMILES string of the molecule is CO[C@@]1(C)c2ccn3c(C)c(C)nc3c2O[C@H](c2ccccc2)[C@H]1O. The summed E-state index contributed by atoms with van der Waals surface area (Å²) in [5.41, 5.74) is 3.62. The van der Waals surface area contributed by atoms with Crippen molar-refractivity contribution in [2.24, 2.45) is 0 Å². The third kappa shape index (κ3) is 2.19. The molecule has 3 aromatic rings. The van der Waals surface area contributed by atoms with Gasteiger partial charge in [-0.05, 0) is 32.4 Å². The molecule has 4 rings (SSSR count). The van der Waals surface area contributed by atoms with Crippen molar-refractivity contribution in [2.45, 2.75) is 38.6 Å². The summed E-state index contributed by atoms with van der Waals surface area (Å²) in [6, 6.07) is 11.7. The predicted octanol–water partition coefficient (Wildman–Crippen LogP) is 3.31. The lowest BCUT2D eigenvalue weighted by Gasteiger charge is -2.43. The quantitative estimate of drug-likeness (QED) is 0.779. The van der Waals surface area contributed by atoms with Crippen molar-refractivity contribution in [3.05, 3.63) is 65.1 Å². The van der Waals surface area contributed by atoms with Gasteiger partial charge in [0.1, 0.15) is 11.7 Å². The number of methoxy groups -OCH3 is 1. The highest BCUT2D eigenvalue weighted by molar-refractivity contribution is 5.63. The summed E-state index contributed by atoms with van der Waals surface area (Å²) >= 11 is 0. The lowest BCUT2D eigenvalue weighted by molar-refractivity contribution is -0.150. The molecule has 3 heterocycles. The number of hydrogen-bond donors (Lipinski definition) is 1. The molecule has 5 nitrogen and oxygen atoms in total. The first kappa shape index (κ1) is 16.1. The maximum absolute atomic E-state index is 11.0. The van der Waals surface area contributed by atoms with Crippen molar-refractivity contribution in [2.75, 3.05) is 7.11 Å². The zero-order valence-electron chi connectivity index (χ0n) is 14.9. The number of aromatic nitrogens is 2. The highest BCUT2D eigenvalue weighted by Crippen LogP contribution is 2.48. The molecular formula is C20H22N2O3. The molecule has 0 unspecified atom stereocenters. The smallest absolute Gasteiger partial charge is 0.180 e. The van der Waals surface area contributed by atoms with Crippen LogP contribution < -0.4 is 4.74 Å². The van der Waals surface area contributed by atoms with Gasteiger partial charge in [-0.15, -0.1) is 0 Å². The Hall–Kier alpha value is -2.37. The van der Waals surface area contributed by atoms with E-state index in [2.05, 4.69) is 4.98 Å². The number of pyridine rings is 1. The zero-order chi connectivity index (χ0) is 17.8. The van der Waals surface area contributed by atoms with Crippen LogP contribution in [0.5, 0.6) is 5.75 Å². The molecule has 0 saturated heterocycles. The van der Waals surface area contributed by atoms with E-state index in [1.54, 1.807) is 7.11 Å². The number of imidazole rings is 1. The number of benzene rings is 1. The fraction of sp³-hybridized carbons (Fsp3) is 0.350. The minimum Gasteiger partial charge on any atom is -0.479 e. The standard InChI is InChI=1S/C20H22N2O3/c1-12-13(2)22-11-10-15-17(19(22)21-12)25-16(14-8-6-5-7-9-14)18(23)20(15,3)24-4/h5-11,16,18,23H,1-4H3/t16-,18-,20+/m1/s1. The summed E-state index contributed by atoms with van der Waals surface area (Å²) < 4.78 is 14.1. The van der Waals surface area contributed by atoms with Crippen molar-refractivity contribution in [3.63, 3.8) is 0 Å². The maximum Gasteiger partial charge on any atom is 0.180 e. The number of ether oxygens (including phenoxy) is 2. The number of hydrogen-bond acceptors (Lipinski definition) is 4. The molecule has 5 heteroatoms. The number of nitrogens with zero attached hydrogens (tertiary/aromatic N) is 2. The van der Waals surface area contributed by atoms with Crippen LogP contribution in [-0.4, -0.2) is 27.7 Å². The Morgan fingerprint density at radius 3 is 2.60 bits per heavy atom. The topological polar surface area (TPSA) is 56.0 Å². The van der Waals surface area contributed by atoms with Crippen LogP contribution in [-0.2, 0) is 10.3 Å². The summed E-state index contributed by atoms with van der Waals surface area (Å²) in [6.45, 7) is 5.91. The van der Waals surface area contributed by atoms with E-state index >= 15 is 0 Å². The summed E-state index contributed by atoms with van der Waals surface area (Å²) in [5, 5.41) is 11.0. The van der Waals surface area contributed by atoms with E-state index in [1.165, 1.54) is 0 Å². The average Bonchev–Trinajstić information content (AvgIpc) is 2.93. The van der Waals surface area contributed by atoms with Crippen LogP contribution in [0, 0.1) is 13.8 Å². The van der Waals surface area contributed by atoms with Crippen LogP contribution in [0.4, 0.5) is 0 Å². The molecule has 3 atom stereocenters. The first-order valence-corrected chi connectivity index (χ1v) is 8.41. The first-order valence-electron chi connectivity index (χ1n) is 8.41. The van der Waals surface area contributed by atoms with Gasteiger partial charge in [0, 0.05) is 24.6 Å². The molecule has 1 aliphatic heterocycles. The third-order valence-electron chi connectivity index (χ3n) is 5.41. The molecule has 0 bridgehead atoms. The monoisotopic (exact) mass is 338 g/mol. The van der Waals surface area contributed by atoms with Crippen LogP contribution >= 0.6 is 0 Å². The fourth-order valence-corrected chi connectivity index (χ4v) is 3.59. The second kappa shape index (κ2) is 5.58. The number of fused-ring (bicyclic) bond motifs is 3. The second-order valence-electron chi connectivity index (χ2n) is 6.74. The van der Waals surface area contributed by atoms with Crippen LogP contribution in [0.1, 0.15) is 35.5 Å². The van der Waals surface area contributed by atoms with E-state index in [9.17, 15) is 5.11 Å². The maximum atomic E-state index is 11.0. The Morgan fingerprint density at radius 2 is 1.92 bits per heavy atom. The Kier molecular flexibility index (Phi) is 3.60. The van der Waals surface area contributed by atoms with Gasteiger partial charge in [0.25, 0.3) is 0 Å². The van der Waals surface area contributed by atoms with Gasteiger partial charge in [-0.1, -0.05) is 30.3 Å². The molecule has 1 aliphatic rings. The van der Waals surface area contributed by atoms with E-state index in [0.717, 1.165) is 28.2 Å². The van der Waals surface area contributed by atoms with E-state index in [-0.39, 0.29) is 0 Å². The van der Waals surface area contributed by atoms with Crippen LogP contribution in [0.25, 0.3) is 5.65 Å². The number of aliphatic hydroxyl groups excluding tert-OH is 1. The molecule has 0 amide bonds. The van der Waals surface area contributed by atoms with Gasteiger partial charge in [-0.25, -0.2) is 4.98 Å². The van der Waals surface area contributed by atoms with Crippen molar-refractivity contribution >= 4 is 5.65 Å². The lowest BCUT2D eigenvalue weighted by atomic mass is 9.82. The van der Waals surface area contributed by atoms with Crippen molar-refractivity contribution in [3.8, 4) is 5.75 Å². The first-order chi connectivity index (χ1) is 12.0. The van der Waals surface area contributed by atoms with Crippen LogP contribution in [0.2, 0.25) is 0 Å². The fourth-order valence-electron chi connectivity index (χ4n) is 3.59. The van der Waals surface area contributed by atoms with Crippen molar-refractivity contribution in [1.29, 1.82) is 0 Å². The minimum atomic E-state index is -0.885. The minimum absolute atomic E-state index is 0.526. The molecular weight excluding hydrogens is 316 g/mol. The molecule has 2 aromatic heterocycles. The van der Waals surface area contributed by atoms with Crippen molar-refractivity contribution < 1.29 is 14.6 Å². The summed E-state index contributed by atoms with van der Waals surface area (Å²) in [4.78, 5) is 4.68. The van der Waals surface area contributed by atoms with E-state index in [0.29, 0.717) is 5.75 Å². The zero-order valence-corrected chi connectivity index (χ0v) is 14.9. The molecule has 0 spiro atoms. The molecule has 0 radical (unpaired) electrons. The Bertz CT molecular complexity index is 935. The molecule has 1 N–H and O–H groups in total. The molecule has 25 heavy (non-hydrogen) atoms. The molecule has 0 saturated carbocycles. The van der Waals surface area contributed by atoms with Gasteiger partial charge < -0.3 is 19.0 Å². The molecule has 0 aliphatic carbocycles. The second-order valence-corrected chi connectivity index (χ2v) is 6.74. The Morgan fingerprint density at radius 1 is 1.20 bits per heavy atom. The largest absolute Gasteiger partial charge is 0.479 e. The molecule has 0 fully saturated rings. The van der Waals surface area contributed by atoms with E-state index < -0.39 is 17.8 Å². The van der Waals surface area contributed by atoms with Gasteiger partial charge in [0.15, 0.2) is 17.5 Å². The van der Waals surface area contributed by atoms with Gasteiger partial charge >= 0.3 is 0 Å². The van der Waals surface area contributed by atoms with Gasteiger partial charge in [-0.2, -0.15) is 0 Å². The highest BCUT2D eigenvalue weighted by Gasteiger charge is 2.48.